The van der Waals surface area contributed by atoms with Crippen LogP contribution in [0.1, 0.15) is 18.1 Å². The Morgan fingerprint density at radius 3 is 2.77 bits per heavy atom. The highest BCUT2D eigenvalue weighted by molar-refractivity contribution is 9.10. The summed E-state index contributed by atoms with van der Waals surface area (Å²) in [4.78, 5) is 14.6. The number of ether oxygens (including phenoxy) is 2. The molecule has 1 aliphatic heterocycles. The Balaban J connectivity index is 2.07. The smallest absolute Gasteiger partial charge is 0.258 e. The molecule has 0 radical (unpaired) electrons. The molecule has 0 saturated heterocycles. The van der Waals surface area contributed by atoms with Gasteiger partial charge in [0.2, 0.25) is 0 Å². The number of hydrogen-bond acceptors (Lipinski definition) is 3. The molecule has 2 aromatic rings. The van der Waals surface area contributed by atoms with Crippen LogP contribution in [0.25, 0.3) is 11.6 Å². The minimum absolute atomic E-state index is 0.00329. The summed E-state index contributed by atoms with van der Waals surface area (Å²) < 4.78 is 11.7. The number of carbonyl (C=O) groups is 1. The second-order valence-electron chi connectivity index (χ2n) is 5.65. The van der Waals surface area contributed by atoms with Crippen LogP contribution in [0.4, 0.5) is 5.69 Å². The highest BCUT2D eigenvalue weighted by Crippen LogP contribution is 2.40. The third-order valence-electron chi connectivity index (χ3n) is 4.14. The number of hydrogen-bond donors (Lipinski definition) is 0. The predicted molar refractivity (Wildman–Crippen MR) is 107 cm³/mol. The molecule has 0 unspecified atom stereocenters. The molecule has 0 atom stereocenters. The van der Waals surface area contributed by atoms with E-state index in [0.717, 1.165) is 16.8 Å². The molecule has 5 heteroatoms. The maximum atomic E-state index is 12.8. The number of rotatable bonds is 5. The fourth-order valence-electron chi connectivity index (χ4n) is 3.00. The number of fused-ring (bicyclic) bond motifs is 1. The van der Waals surface area contributed by atoms with Gasteiger partial charge >= 0.3 is 0 Å². The van der Waals surface area contributed by atoms with Crippen molar-refractivity contribution in [3.05, 3.63) is 52.0 Å². The minimum Gasteiger partial charge on any atom is -0.493 e. The zero-order chi connectivity index (χ0) is 18.7. The van der Waals surface area contributed by atoms with Gasteiger partial charge in [0.25, 0.3) is 5.91 Å². The third kappa shape index (κ3) is 3.21. The Hall–Kier alpha value is -2.71. The first-order valence-electron chi connectivity index (χ1n) is 8.17. The Morgan fingerprint density at radius 1 is 1.31 bits per heavy atom. The van der Waals surface area contributed by atoms with Gasteiger partial charge in [-0.3, -0.25) is 4.79 Å². The molecule has 1 aliphatic rings. The van der Waals surface area contributed by atoms with Crippen molar-refractivity contribution >= 4 is 39.2 Å². The average Bonchev–Trinajstić information content (AvgIpc) is 2.91. The lowest BCUT2D eigenvalue weighted by Gasteiger charge is -2.13. The van der Waals surface area contributed by atoms with Crippen LogP contribution in [0.3, 0.4) is 0 Å². The van der Waals surface area contributed by atoms with Crippen LogP contribution >= 0.6 is 15.9 Å². The quantitative estimate of drug-likeness (QED) is 0.541. The molecule has 26 heavy (non-hydrogen) atoms. The summed E-state index contributed by atoms with van der Waals surface area (Å²) >= 11 is 3.49. The lowest BCUT2D eigenvalue weighted by atomic mass is 10.0. The summed E-state index contributed by atoms with van der Waals surface area (Å²) in [7, 11) is 1.57. The molecule has 0 N–H and O–H groups in total. The second-order valence-corrected chi connectivity index (χ2v) is 6.51. The van der Waals surface area contributed by atoms with Crippen molar-refractivity contribution in [2.45, 2.75) is 6.92 Å². The molecule has 0 bridgehead atoms. The van der Waals surface area contributed by atoms with Crippen LogP contribution in [0.15, 0.2) is 40.9 Å². The molecule has 0 fully saturated rings. The van der Waals surface area contributed by atoms with Gasteiger partial charge in [-0.2, -0.15) is 0 Å². The summed E-state index contributed by atoms with van der Waals surface area (Å²) in [5.41, 5.74) is 3.36. The summed E-state index contributed by atoms with van der Waals surface area (Å²) in [6, 6.07) is 11.5. The third-order valence-corrected chi connectivity index (χ3v) is 4.73. The van der Waals surface area contributed by atoms with Gasteiger partial charge in [0.1, 0.15) is 6.61 Å². The first-order valence-corrected chi connectivity index (χ1v) is 8.96. The number of para-hydroxylation sites is 1. The number of halogens is 1. The van der Waals surface area contributed by atoms with Crippen molar-refractivity contribution in [1.82, 2.24) is 0 Å². The number of methoxy groups -OCH3 is 1. The number of benzene rings is 2. The fraction of sp³-hybridized carbons (Fsp3) is 0.190. The van der Waals surface area contributed by atoms with Crippen molar-refractivity contribution in [3.8, 4) is 23.8 Å². The largest absolute Gasteiger partial charge is 0.493 e. The van der Waals surface area contributed by atoms with Crippen molar-refractivity contribution < 1.29 is 14.3 Å². The first-order chi connectivity index (χ1) is 12.6. The van der Waals surface area contributed by atoms with E-state index in [9.17, 15) is 4.79 Å². The van der Waals surface area contributed by atoms with Gasteiger partial charge in [-0.15, -0.1) is 6.42 Å². The van der Waals surface area contributed by atoms with Gasteiger partial charge < -0.3 is 14.4 Å². The summed E-state index contributed by atoms with van der Waals surface area (Å²) in [6.45, 7) is 2.74. The van der Waals surface area contributed by atoms with Gasteiger partial charge in [-0.05, 0) is 52.7 Å². The van der Waals surface area contributed by atoms with Gasteiger partial charge in [-0.1, -0.05) is 24.1 Å². The van der Waals surface area contributed by atoms with Gasteiger partial charge in [0.15, 0.2) is 11.5 Å². The van der Waals surface area contributed by atoms with Crippen LogP contribution in [0.5, 0.6) is 11.5 Å². The SMILES string of the molecule is C#CCOc1c(Br)cc(/C=C2\C(=O)N(CC)c3ccccc32)cc1OC. The van der Waals surface area contributed by atoms with E-state index in [1.54, 1.807) is 12.0 Å². The van der Waals surface area contributed by atoms with Crippen molar-refractivity contribution in [2.75, 3.05) is 25.2 Å². The molecule has 0 aliphatic carbocycles. The molecule has 132 valence electrons. The number of nitrogens with zero attached hydrogens (tertiary/aromatic N) is 1. The molecule has 0 saturated carbocycles. The normalized spacial score (nSPS) is 14.3. The molecule has 0 spiro atoms. The molecule has 1 amide bonds. The lowest BCUT2D eigenvalue weighted by Crippen LogP contribution is -2.25. The molecule has 0 aromatic heterocycles. The minimum atomic E-state index is -0.00329. The van der Waals surface area contributed by atoms with Crippen LogP contribution in [-0.4, -0.2) is 26.2 Å². The average molecular weight is 412 g/mol. The number of terminal acetylenes is 1. The van der Waals surface area contributed by atoms with E-state index in [0.29, 0.717) is 28.1 Å². The highest BCUT2D eigenvalue weighted by atomic mass is 79.9. The molecule has 2 aromatic carbocycles. The van der Waals surface area contributed by atoms with E-state index in [4.69, 9.17) is 15.9 Å². The Kier molecular flexibility index (Phi) is 5.34. The maximum Gasteiger partial charge on any atom is 0.258 e. The molecular weight excluding hydrogens is 394 g/mol. The molecular formula is C21H18BrNO3. The van der Waals surface area contributed by atoms with Crippen molar-refractivity contribution in [3.63, 3.8) is 0 Å². The summed E-state index contributed by atoms with van der Waals surface area (Å²) in [6.07, 6.45) is 7.13. The summed E-state index contributed by atoms with van der Waals surface area (Å²) in [5.74, 6) is 3.52. The zero-order valence-corrected chi connectivity index (χ0v) is 16.2. The zero-order valence-electron chi connectivity index (χ0n) is 14.6. The monoisotopic (exact) mass is 411 g/mol. The Bertz CT molecular complexity index is 927. The van der Waals surface area contributed by atoms with Gasteiger partial charge in [0.05, 0.1) is 17.3 Å². The van der Waals surface area contributed by atoms with Crippen molar-refractivity contribution in [1.29, 1.82) is 0 Å². The Labute approximate surface area is 161 Å². The Morgan fingerprint density at radius 2 is 2.08 bits per heavy atom. The molecule has 4 nitrogen and oxygen atoms in total. The summed E-state index contributed by atoms with van der Waals surface area (Å²) in [5, 5.41) is 0. The fourth-order valence-corrected chi connectivity index (χ4v) is 3.58. The predicted octanol–water partition coefficient (Wildman–Crippen LogP) is 4.38. The maximum absolute atomic E-state index is 12.8. The van der Waals surface area contributed by atoms with E-state index >= 15 is 0 Å². The van der Waals surface area contributed by atoms with E-state index in [1.807, 2.05) is 49.4 Å². The lowest BCUT2D eigenvalue weighted by molar-refractivity contribution is -0.112. The number of likely N-dealkylation sites (N-methyl/N-ethyl adjacent to an activating group) is 1. The topological polar surface area (TPSA) is 38.8 Å². The van der Waals surface area contributed by atoms with Gasteiger partial charge in [0, 0.05) is 17.7 Å². The molecule has 1 heterocycles. The van der Waals surface area contributed by atoms with E-state index in [-0.39, 0.29) is 12.5 Å². The van der Waals surface area contributed by atoms with E-state index in [1.165, 1.54) is 0 Å². The van der Waals surface area contributed by atoms with E-state index < -0.39 is 0 Å². The first kappa shape index (κ1) is 18.1. The van der Waals surface area contributed by atoms with Crippen LogP contribution < -0.4 is 14.4 Å². The number of amides is 1. The van der Waals surface area contributed by atoms with Crippen LogP contribution in [0.2, 0.25) is 0 Å². The molecule has 3 rings (SSSR count). The van der Waals surface area contributed by atoms with Crippen LogP contribution in [-0.2, 0) is 4.79 Å². The highest BCUT2D eigenvalue weighted by Gasteiger charge is 2.30. The van der Waals surface area contributed by atoms with E-state index in [2.05, 4.69) is 21.9 Å². The second kappa shape index (κ2) is 7.67. The van der Waals surface area contributed by atoms with Gasteiger partial charge in [-0.25, -0.2) is 0 Å². The number of anilines is 1. The number of carbonyl (C=O) groups excluding carboxylic acids is 1. The van der Waals surface area contributed by atoms with Crippen molar-refractivity contribution in [2.24, 2.45) is 0 Å². The standard InChI is InChI=1S/C21H18BrNO3/c1-4-10-26-20-17(22)12-14(13-19(20)25-3)11-16-15-8-6-7-9-18(15)23(5-2)21(16)24/h1,6-9,11-13H,5,10H2,2-3H3/b16-11-. The van der Waals surface area contributed by atoms with Crippen LogP contribution in [0, 0.1) is 12.3 Å².